The van der Waals surface area contributed by atoms with E-state index in [1.165, 1.54) is 31.4 Å². The van der Waals surface area contributed by atoms with Crippen molar-refractivity contribution in [3.8, 4) is 22.6 Å². The molecule has 0 saturated carbocycles. The molecular weight excluding hydrogens is 440 g/mol. The van der Waals surface area contributed by atoms with Crippen molar-refractivity contribution in [3.05, 3.63) is 71.3 Å². The summed E-state index contributed by atoms with van der Waals surface area (Å²) in [6, 6.07) is 12.6. The molecule has 3 rings (SSSR count). The van der Waals surface area contributed by atoms with Crippen LogP contribution >= 0.6 is 0 Å². The maximum absolute atomic E-state index is 15.1. The molecule has 0 heterocycles. The summed E-state index contributed by atoms with van der Waals surface area (Å²) in [6.45, 7) is 7.04. The lowest BCUT2D eigenvalue weighted by atomic mass is 10.0. The van der Waals surface area contributed by atoms with Crippen LogP contribution in [0.4, 0.5) is 20.2 Å². The van der Waals surface area contributed by atoms with Gasteiger partial charge >= 0.3 is 5.97 Å². The van der Waals surface area contributed by atoms with Gasteiger partial charge in [-0.3, -0.25) is 0 Å². The number of benzene rings is 3. The van der Waals surface area contributed by atoms with Crippen molar-refractivity contribution >= 4 is 17.3 Å². The summed E-state index contributed by atoms with van der Waals surface area (Å²) in [7, 11) is 3.23. The van der Waals surface area contributed by atoms with E-state index in [0.29, 0.717) is 22.6 Å². The number of carboxylic acids is 1. The first-order valence-corrected chi connectivity index (χ1v) is 10.9. The van der Waals surface area contributed by atoms with Crippen molar-refractivity contribution in [1.82, 2.24) is 0 Å². The second-order valence-electron chi connectivity index (χ2n) is 8.55. The highest BCUT2D eigenvalue weighted by molar-refractivity contribution is 5.80. The number of anilines is 2. The number of ether oxygens (including phenoxy) is 2. The molecule has 0 aliphatic carbocycles. The Labute approximate surface area is 198 Å². The number of halogens is 2. The summed E-state index contributed by atoms with van der Waals surface area (Å²) in [5.74, 6) is -1.41. The molecule has 0 radical (unpaired) electrons. The molecule has 3 aromatic carbocycles. The van der Waals surface area contributed by atoms with Crippen LogP contribution in [0.3, 0.4) is 0 Å². The molecule has 0 amide bonds. The third-order valence-electron chi connectivity index (χ3n) is 5.75. The third kappa shape index (κ3) is 4.98. The van der Waals surface area contributed by atoms with Gasteiger partial charge in [0.05, 0.1) is 18.5 Å². The molecule has 1 N–H and O–H groups in total. The summed E-state index contributed by atoms with van der Waals surface area (Å²) in [5.41, 5.74) is 3.46. The quantitative estimate of drug-likeness (QED) is 0.407. The van der Waals surface area contributed by atoms with Crippen molar-refractivity contribution in [3.63, 3.8) is 0 Å². The Kier molecular flexibility index (Phi) is 7.44. The van der Waals surface area contributed by atoms with Gasteiger partial charge in [-0.25, -0.2) is 13.6 Å². The molecule has 34 heavy (non-hydrogen) atoms. The highest BCUT2D eigenvalue weighted by Gasteiger charge is 2.26. The smallest absolute Gasteiger partial charge is 0.345 e. The van der Waals surface area contributed by atoms with E-state index >= 15 is 4.39 Å². The fourth-order valence-electron chi connectivity index (χ4n) is 4.02. The van der Waals surface area contributed by atoms with E-state index in [0.717, 1.165) is 11.1 Å². The fraction of sp³-hybridized carbons (Fsp3) is 0.296. The number of nitrogens with zero attached hydrogens (tertiary/aromatic N) is 1. The van der Waals surface area contributed by atoms with E-state index in [2.05, 4.69) is 0 Å². The number of aryl methyl sites for hydroxylation is 1. The topological polar surface area (TPSA) is 59.0 Å². The number of hydrogen-bond acceptors (Lipinski definition) is 4. The predicted octanol–water partition coefficient (Wildman–Crippen LogP) is 6.51. The minimum Gasteiger partial charge on any atom is -0.494 e. The maximum Gasteiger partial charge on any atom is 0.345 e. The van der Waals surface area contributed by atoms with Gasteiger partial charge < -0.3 is 19.5 Å². The Hall–Kier alpha value is -3.61. The highest BCUT2D eigenvalue weighted by Crippen LogP contribution is 2.42. The first kappa shape index (κ1) is 25.0. The van der Waals surface area contributed by atoms with E-state index in [1.807, 2.05) is 13.0 Å². The zero-order valence-electron chi connectivity index (χ0n) is 20.1. The molecule has 0 spiro atoms. The zero-order valence-corrected chi connectivity index (χ0v) is 20.1. The molecule has 0 saturated heterocycles. The van der Waals surface area contributed by atoms with Crippen LogP contribution in [0, 0.1) is 31.4 Å². The second-order valence-corrected chi connectivity index (χ2v) is 8.55. The van der Waals surface area contributed by atoms with Gasteiger partial charge in [0.2, 0.25) is 0 Å². The van der Waals surface area contributed by atoms with Crippen LogP contribution in [0.25, 0.3) is 11.1 Å². The molecule has 0 aliphatic heterocycles. The number of hydrogen-bond donors (Lipinski definition) is 1. The molecule has 1 unspecified atom stereocenters. The molecule has 1 atom stereocenters. The van der Waals surface area contributed by atoms with Gasteiger partial charge in [0.1, 0.15) is 23.1 Å². The first-order chi connectivity index (χ1) is 16.0. The Bertz CT molecular complexity index is 1210. The average molecular weight is 470 g/mol. The van der Waals surface area contributed by atoms with Gasteiger partial charge in [-0.15, -0.1) is 0 Å². The van der Waals surface area contributed by atoms with Crippen molar-refractivity contribution in [2.45, 2.75) is 33.8 Å². The van der Waals surface area contributed by atoms with Crippen molar-refractivity contribution in [2.24, 2.45) is 5.92 Å². The van der Waals surface area contributed by atoms with E-state index in [9.17, 15) is 14.3 Å². The number of aliphatic carboxylic acids is 1. The second kappa shape index (κ2) is 10.1. The SMILES string of the molecule is COc1c(C)cc(-c2cccc(F)c2)cc1N(C)c1c(F)ccc(OC(C(=O)O)C(C)C)c1C. The van der Waals surface area contributed by atoms with Gasteiger partial charge in [-0.1, -0.05) is 26.0 Å². The number of carboxylic acid groups (broad SMARTS) is 1. The van der Waals surface area contributed by atoms with Crippen LogP contribution in [0.1, 0.15) is 25.0 Å². The summed E-state index contributed by atoms with van der Waals surface area (Å²) in [6.07, 6.45) is -1.07. The molecule has 0 fully saturated rings. The Morgan fingerprint density at radius 2 is 1.74 bits per heavy atom. The van der Waals surface area contributed by atoms with Gasteiger partial charge in [0.25, 0.3) is 0 Å². The lowest BCUT2D eigenvalue weighted by molar-refractivity contribution is -0.147. The molecule has 0 aliphatic rings. The largest absolute Gasteiger partial charge is 0.494 e. The van der Waals surface area contributed by atoms with E-state index in [1.54, 1.807) is 50.9 Å². The monoisotopic (exact) mass is 469 g/mol. The average Bonchev–Trinajstić information content (AvgIpc) is 2.77. The van der Waals surface area contributed by atoms with E-state index in [-0.39, 0.29) is 23.2 Å². The molecule has 180 valence electrons. The molecular formula is C27H29F2NO4. The van der Waals surface area contributed by atoms with E-state index < -0.39 is 17.9 Å². The van der Waals surface area contributed by atoms with Gasteiger partial charge in [0.15, 0.2) is 6.10 Å². The standard InChI is InChI=1S/C27H29F2NO4/c1-15(2)25(27(31)32)34-23-11-10-21(29)24(17(23)4)30(5)22-14-19(12-16(3)26(22)33-6)18-8-7-9-20(28)13-18/h7-15,25H,1-6H3,(H,31,32). The zero-order chi connectivity index (χ0) is 25.2. The third-order valence-corrected chi connectivity index (χ3v) is 5.75. The van der Waals surface area contributed by atoms with Gasteiger partial charge in [-0.05, 0) is 66.9 Å². The Balaban J connectivity index is 2.14. The van der Waals surface area contributed by atoms with Crippen molar-refractivity contribution < 1.29 is 28.2 Å². The normalized spacial score (nSPS) is 11.9. The number of carbonyl (C=O) groups is 1. The summed E-state index contributed by atoms with van der Waals surface area (Å²) in [5, 5.41) is 9.51. The van der Waals surface area contributed by atoms with Crippen molar-refractivity contribution in [2.75, 3.05) is 19.1 Å². The molecule has 3 aromatic rings. The fourth-order valence-corrected chi connectivity index (χ4v) is 4.02. The van der Waals surface area contributed by atoms with Crippen LogP contribution in [0.5, 0.6) is 11.5 Å². The Morgan fingerprint density at radius 3 is 2.32 bits per heavy atom. The lowest BCUT2D eigenvalue weighted by Crippen LogP contribution is -2.32. The Morgan fingerprint density at radius 1 is 1.03 bits per heavy atom. The van der Waals surface area contributed by atoms with Crippen LogP contribution in [0.2, 0.25) is 0 Å². The first-order valence-electron chi connectivity index (χ1n) is 10.9. The lowest BCUT2D eigenvalue weighted by Gasteiger charge is -2.28. The predicted molar refractivity (Wildman–Crippen MR) is 129 cm³/mol. The van der Waals surface area contributed by atoms with Crippen LogP contribution < -0.4 is 14.4 Å². The van der Waals surface area contributed by atoms with Gasteiger partial charge in [0, 0.05) is 18.5 Å². The summed E-state index contributed by atoms with van der Waals surface area (Å²) in [4.78, 5) is 13.3. The molecule has 5 nitrogen and oxygen atoms in total. The van der Waals surface area contributed by atoms with Crippen molar-refractivity contribution in [1.29, 1.82) is 0 Å². The minimum atomic E-state index is -1.09. The molecule has 7 heteroatoms. The van der Waals surface area contributed by atoms with Crippen LogP contribution in [-0.2, 0) is 4.79 Å². The number of rotatable bonds is 8. The van der Waals surface area contributed by atoms with Crippen LogP contribution in [0.15, 0.2) is 48.5 Å². The maximum atomic E-state index is 15.1. The highest BCUT2D eigenvalue weighted by atomic mass is 19.1. The summed E-state index contributed by atoms with van der Waals surface area (Å²) >= 11 is 0. The minimum absolute atomic E-state index is 0.222. The van der Waals surface area contributed by atoms with E-state index in [4.69, 9.17) is 9.47 Å². The number of methoxy groups -OCH3 is 1. The van der Waals surface area contributed by atoms with Gasteiger partial charge in [-0.2, -0.15) is 0 Å². The van der Waals surface area contributed by atoms with Crippen LogP contribution in [-0.4, -0.2) is 31.3 Å². The summed E-state index contributed by atoms with van der Waals surface area (Å²) < 4.78 is 40.4. The molecule has 0 bridgehead atoms. The molecule has 0 aromatic heterocycles.